The molecule has 1 aliphatic heterocycles. The molecule has 3 rings (SSSR count). The van der Waals surface area contributed by atoms with Crippen LogP contribution in [0, 0.1) is 0 Å². The molecule has 0 radical (unpaired) electrons. The minimum absolute atomic E-state index is 0.0673. The highest BCUT2D eigenvalue weighted by Crippen LogP contribution is 2.39. The molecule has 1 saturated heterocycles. The summed E-state index contributed by atoms with van der Waals surface area (Å²) in [5.74, 6) is 0.621. The smallest absolute Gasteiger partial charge is 0.210 e. The molecule has 0 aromatic heterocycles. The van der Waals surface area contributed by atoms with Crippen LogP contribution in [0.5, 0.6) is 0 Å². The summed E-state index contributed by atoms with van der Waals surface area (Å²) in [6.07, 6.45) is 5.96. The average molecular weight is 308 g/mol. The van der Waals surface area contributed by atoms with E-state index in [0.29, 0.717) is 18.5 Å². The summed E-state index contributed by atoms with van der Waals surface area (Å²) in [5.41, 5.74) is 2.96. The number of primary sulfonamides is 1. The summed E-state index contributed by atoms with van der Waals surface area (Å²) in [6.45, 7) is 1.57. The molecular formula is C16H24N2O2S. The monoisotopic (exact) mass is 308 g/mol. The molecule has 116 valence electrons. The van der Waals surface area contributed by atoms with Gasteiger partial charge in [0, 0.05) is 12.6 Å². The second-order valence-electron chi connectivity index (χ2n) is 6.31. The van der Waals surface area contributed by atoms with Gasteiger partial charge in [-0.05, 0) is 55.7 Å². The van der Waals surface area contributed by atoms with Crippen LogP contribution in [-0.4, -0.2) is 38.2 Å². The van der Waals surface area contributed by atoms with Gasteiger partial charge < -0.3 is 0 Å². The van der Waals surface area contributed by atoms with Crippen molar-refractivity contribution in [3.05, 3.63) is 35.4 Å². The molecule has 0 bridgehead atoms. The zero-order valence-electron chi connectivity index (χ0n) is 12.4. The first kappa shape index (κ1) is 15.0. The van der Waals surface area contributed by atoms with E-state index in [1.807, 2.05) is 0 Å². The van der Waals surface area contributed by atoms with Gasteiger partial charge >= 0.3 is 0 Å². The van der Waals surface area contributed by atoms with Gasteiger partial charge in [-0.1, -0.05) is 24.3 Å². The summed E-state index contributed by atoms with van der Waals surface area (Å²) in [5, 5.41) is 5.16. The number of fused-ring (bicyclic) bond motifs is 1. The zero-order valence-corrected chi connectivity index (χ0v) is 13.2. The van der Waals surface area contributed by atoms with Crippen LogP contribution in [-0.2, 0) is 16.4 Å². The first-order valence-electron chi connectivity index (χ1n) is 7.87. The van der Waals surface area contributed by atoms with Crippen molar-refractivity contribution >= 4 is 10.0 Å². The maximum Gasteiger partial charge on any atom is 0.210 e. The standard InChI is InChI=1S/C16H24N2O2S/c17-21(19,20)12-11-18-10-4-9-16(18)15-8-3-6-13-5-1-2-7-14(13)15/h1-2,5,7,15-16H,3-4,6,8-12H2,(H2,17,19,20)/t15-,16+/m1/s1. The summed E-state index contributed by atoms with van der Waals surface area (Å²) in [6, 6.07) is 9.23. The van der Waals surface area contributed by atoms with Crippen molar-refractivity contribution in [3.8, 4) is 0 Å². The van der Waals surface area contributed by atoms with Crippen LogP contribution < -0.4 is 5.14 Å². The lowest BCUT2D eigenvalue weighted by Gasteiger charge is -2.35. The quantitative estimate of drug-likeness (QED) is 0.923. The van der Waals surface area contributed by atoms with Gasteiger partial charge in [-0.25, -0.2) is 13.6 Å². The van der Waals surface area contributed by atoms with E-state index in [4.69, 9.17) is 5.14 Å². The Hall–Kier alpha value is -0.910. The third kappa shape index (κ3) is 3.47. The maximum atomic E-state index is 11.2. The summed E-state index contributed by atoms with van der Waals surface area (Å²) >= 11 is 0. The molecule has 21 heavy (non-hydrogen) atoms. The minimum Gasteiger partial charge on any atom is -0.299 e. The molecular weight excluding hydrogens is 284 g/mol. The van der Waals surface area contributed by atoms with Gasteiger partial charge in [-0.2, -0.15) is 0 Å². The van der Waals surface area contributed by atoms with E-state index < -0.39 is 10.0 Å². The Kier molecular flexibility index (Phi) is 4.33. The number of hydrogen-bond donors (Lipinski definition) is 1. The van der Waals surface area contributed by atoms with Crippen LogP contribution in [0.1, 0.15) is 42.7 Å². The van der Waals surface area contributed by atoms with Gasteiger partial charge in [-0.15, -0.1) is 0 Å². The van der Waals surface area contributed by atoms with Crippen molar-refractivity contribution in [1.82, 2.24) is 4.90 Å². The Morgan fingerprint density at radius 1 is 1.19 bits per heavy atom. The first-order valence-corrected chi connectivity index (χ1v) is 9.58. The third-order valence-electron chi connectivity index (χ3n) is 4.96. The molecule has 5 heteroatoms. The summed E-state index contributed by atoms with van der Waals surface area (Å²) in [4.78, 5) is 2.34. The number of sulfonamides is 1. The lowest BCUT2D eigenvalue weighted by Crippen LogP contribution is -2.39. The predicted molar refractivity (Wildman–Crippen MR) is 84.7 cm³/mol. The predicted octanol–water partition coefficient (Wildman–Crippen LogP) is 1.86. The van der Waals surface area contributed by atoms with Crippen LogP contribution in [0.4, 0.5) is 0 Å². The van der Waals surface area contributed by atoms with Gasteiger partial charge in [0.2, 0.25) is 10.0 Å². The summed E-state index contributed by atoms with van der Waals surface area (Å²) < 4.78 is 22.4. The number of nitrogens with two attached hydrogens (primary N) is 1. The van der Waals surface area contributed by atoms with Gasteiger partial charge in [0.05, 0.1) is 5.75 Å². The number of hydrogen-bond acceptors (Lipinski definition) is 3. The van der Waals surface area contributed by atoms with Crippen molar-refractivity contribution in [2.45, 2.75) is 44.1 Å². The molecule has 0 unspecified atom stereocenters. The highest BCUT2D eigenvalue weighted by molar-refractivity contribution is 7.89. The maximum absolute atomic E-state index is 11.2. The van der Waals surface area contributed by atoms with Crippen LogP contribution in [0.3, 0.4) is 0 Å². The third-order valence-corrected chi connectivity index (χ3v) is 5.71. The number of benzene rings is 1. The first-order chi connectivity index (χ1) is 10.0. The number of likely N-dealkylation sites (tertiary alicyclic amines) is 1. The van der Waals surface area contributed by atoms with E-state index in [0.717, 1.165) is 13.0 Å². The summed E-state index contributed by atoms with van der Waals surface area (Å²) in [7, 11) is -3.37. The number of rotatable bonds is 4. The van der Waals surface area contributed by atoms with Crippen LogP contribution in [0.25, 0.3) is 0 Å². The van der Waals surface area contributed by atoms with Crippen molar-refractivity contribution in [3.63, 3.8) is 0 Å². The molecule has 2 N–H and O–H groups in total. The number of nitrogens with zero attached hydrogens (tertiary/aromatic N) is 1. The zero-order chi connectivity index (χ0) is 14.9. The van der Waals surface area contributed by atoms with Crippen LogP contribution >= 0.6 is 0 Å². The lowest BCUT2D eigenvalue weighted by molar-refractivity contribution is 0.223. The molecule has 2 atom stereocenters. The molecule has 0 amide bonds. The van der Waals surface area contributed by atoms with Gasteiger partial charge in [-0.3, -0.25) is 4.90 Å². The second-order valence-corrected chi connectivity index (χ2v) is 8.04. The lowest BCUT2D eigenvalue weighted by atomic mass is 9.78. The van der Waals surface area contributed by atoms with Crippen LogP contribution in [0.15, 0.2) is 24.3 Å². The van der Waals surface area contributed by atoms with E-state index in [2.05, 4.69) is 29.2 Å². The molecule has 0 spiro atoms. The Balaban J connectivity index is 1.77. The Morgan fingerprint density at radius 2 is 2.00 bits per heavy atom. The molecule has 4 nitrogen and oxygen atoms in total. The van der Waals surface area contributed by atoms with E-state index in [9.17, 15) is 8.42 Å². The molecule has 1 heterocycles. The fraction of sp³-hybridized carbons (Fsp3) is 0.625. The average Bonchev–Trinajstić information content (AvgIpc) is 2.92. The normalized spacial score (nSPS) is 26.7. The molecule has 0 saturated carbocycles. The van der Waals surface area contributed by atoms with E-state index in [-0.39, 0.29) is 5.75 Å². The minimum atomic E-state index is -3.37. The van der Waals surface area contributed by atoms with E-state index in [1.54, 1.807) is 0 Å². The highest BCUT2D eigenvalue weighted by atomic mass is 32.2. The SMILES string of the molecule is NS(=O)(=O)CCN1CCC[C@H]1[C@@H]1CCCc2ccccc21. The van der Waals surface area contributed by atoms with Crippen molar-refractivity contribution in [2.75, 3.05) is 18.8 Å². The van der Waals surface area contributed by atoms with Gasteiger partial charge in [0.1, 0.15) is 0 Å². The molecule has 1 fully saturated rings. The van der Waals surface area contributed by atoms with Gasteiger partial charge in [0.25, 0.3) is 0 Å². The largest absolute Gasteiger partial charge is 0.299 e. The van der Waals surface area contributed by atoms with Crippen molar-refractivity contribution < 1.29 is 8.42 Å². The Morgan fingerprint density at radius 3 is 2.81 bits per heavy atom. The van der Waals surface area contributed by atoms with Crippen molar-refractivity contribution in [2.24, 2.45) is 5.14 Å². The van der Waals surface area contributed by atoms with E-state index >= 15 is 0 Å². The Labute approximate surface area is 127 Å². The molecule has 1 aliphatic carbocycles. The molecule has 1 aromatic rings. The van der Waals surface area contributed by atoms with Crippen LogP contribution in [0.2, 0.25) is 0 Å². The molecule has 2 aliphatic rings. The van der Waals surface area contributed by atoms with Gasteiger partial charge in [0.15, 0.2) is 0 Å². The fourth-order valence-electron chi connectivity index (χ4n) is 4.02. The highest BCUT2D eigenvalue weighted by Gasteiger charge is 2.34. The van der Waals surface area contributed by atoms with E-state index in [1.165, 1.54) is 36.8 Å². The number of aryl methyl sites for hydroxylation is 1. The topological polar surface area (TPSA) is 63.4 Å². The second kappa shape index (κ2) is 6.07. The Bertz CT molecular complexity index is 600. The van der Waals surface area contributed by atoms with Crippen molar-refractivity contribution in [1.29, 1.82) is 0 Å². The fourth-order valence-corrected chi connectivity index (χ4v) is 4.51. The molecule has 1 aromatic carbocycles.